The molecule has 0 spiro atoms. The summed E-state index contributed by atoms with van der Waals surface area (Å²) in [6.45, 7) is 2.15. The fourth-order valence-electron chi connectivity index (χ4n) is 2.65. The first kappa shape index (κ1) is 17.3. The highest BCUT2D eigenvalue weighted by Crippen LogP contribution is 2.22. The van der Waals surface area contributed by atoms with Crippen LogP contribution in [0.15, 0.2) is 24.3 Å². The van der Waals surface area contributed by atoms with Crippen molar-refractivity contribution >= 4 is 27.6 Å². The molecule has 1 amide bonds. The monoisotopic (exact) mass is 340 g/mol. The summed E-state index contributed by atoms with van der Waals surface area (Å²) in [5.41, 5.74) is 0.574. The number of rotatable bonds is 6. The van der Waals surface area contributed by atoms with Gasteiger partial charge in [0.2, 0.25) is 10.0 Å². The van der Waals surface area contributed by atoms with E-state index < -0.39 is 27.9 Å². The number of hydrogen-bond acceptors (Lipinski definition) is 4. The Morgan fingerprint density at radius 3 is 2.78 bits per heavy atom. The van der Waals surface area contributed by atoms with Crippen LogP contribution in [0.2, 0.25) is 0 Å². The summed E-state index contributed by atoms with van der Waals surface area (Å²) in [6, 6.07) is 5.30. The number of carbonyl (C=O) groups is 2. The van der Waals surface area contributed by atoms with Crippen LogP contribution >= 0.6 is 0 Å². The summed E-state index contributed by atoms with van der Waals surface area (Å²) >= 11 is 0. The first-order valence-corrected chi connectivity index (χ1v) is 9.13. The van der Waals surface area contributed by atoms with Gasteiger partial charge < -0.3 is 10.0 Å². The molecule has 0 radical (unpaired) electrons. The van der Waals surface area contributed by atoms with Crippen LogP contribution in [0.3, 0.4) is 0 Å². The SMILES string of the molecule is CCCS(=O)(=O)Nc1cccc(C(=O)N2CCCC2C(=O)O)c1. The van der Waals surface area contributed by atoms with Crippen LogP contribution < -0.4 is 4.72 Å². The van der Waals surface area contributed by atoms with E-state index in [0.717, 1.165) is 0 Å². The van der Waals surface area contributed by atoms with E-state index in [-0.39, 0.29) is 11.3 Å². The summed E-state index contributed by atoms with van der Waals surface area (Å²) in [4.78, 5) is 25.0. The summed E-state index contributed by atoms with van der Waals surface area (Å²) in [5, 5.41) is 9.16. The quantitative estimate of drug-likeness (QED) is 0.817. The summed E-state index contributed by atoms with van der Waals surface area (Å²) < 4.78 is 26.0. The van der Waals surface area contributed by atoms with E-state index in [4.69, 9.17) is 5.11 Å². The number of benzene rings is 1. The molecule has 2 N–H and O–H groups in total. The molecule has 0 bridgehead atoms. The number of carboxylic acids is 1. The van der Waals surface area contributed by atoms with Gasteiger partial charge in [-0.1, -0.05) is 13.0 Å². The first-order valence-electron chi connectivity index (χ1n) is 7.48. The van der Waals surface area contributed by atoms with Gasteiger partial charge in [0, 0.05) is 17.8 Å². The minimum Gasteiger partial charge on any atom is -0.480 e. The Hall–Kier alpha value is -2.09. The van der Waals surface area contributed by atoms with Gasteiger partial charge in [-0.2, -0.15) is 0 Å². The molecule has 1 unspecified atom stereocenters. The number of carbonyl (C=O) groups excluding carboxylic acids is 1. The maximum absolute atomic E-state index is 12.5. The van der Waals surface area contributed by atoms with E-state index in [1.807, 2.05) is 0 Å². The Labute approximate surface area is 135 Å². The summed E-state index contributed by atoms with van der Waals surface area (Å²) in [6.07, 6.45) is 1.57. The standard InChI is InChI=1S/C15H20N2O5S/c1-2-9-23(21,22)16-12-6-3-5-11(10-12)14(18)17-8-4-7-13(17)15(19)20/h3,5-6,10,13,16H,2,4,7-9H2,1H3,(H,19,20). The number of nitrogens with one attached hydrogen (secondary N) is 1. The Morgan fingerprint density at radius 1 is 1.39 bits per heavy atom. The largest absolute Gasteiger partial charge is 0.480 e. The van der Waals surface area contributed by atoms with E-state index in [1.54, 1.807) is 25.1 Å². The number of likely N-dealkylation sites (tertiary alicyclic amines) is 1. The number of carboxylic acid groups (broad SMARTS) is 1. The van der Waals surface area contributed by atoms with Crippen molar-refractivity contribution in [2.75, 3.05) is 17.0 Å². The molecular formula is C15H20N2O5S. The van der Waals surface area contributed by atoms with Crippen LogP contribution in [0, 0.1) is 0 Å². The zero-order valence-electron chi connectivity index (χ0n) is 12.9. The fraction of sp³-hybridized carbons (Fsp3) is 0.467. The third-order valence-corrected chi connectivity index (χ3v) is 5.15. The molecule has 1 aliphatic heterocycles. The lowest BCUT2D eigenvalue weighted by Gasteiger charge is -2.21. The minimum atomic E-state index is -3.44. The zero-order chi connectivity index (χ0) is 17.0. The molecule has 8 heteroatoms. The molecule has 0 aromatic heterocycles. The van der Waals surface area contributed by atoms with Crippen LogP contribution in [-0.4, -0.2) is 48.6 Å². The van der Waals surface area contributed by atoms with Crippen LogP contribution in [-0.2, 0) is 14.8 Å². The number of amides is 1. The van der Waals surface area contributed by atoms with Gasteiger partial charge in [0.1, 0.15) is 6.04 Å². The van der Waals surface area contributed by atoms with Crippen LogP contribution in [0.1, 0.15) is 36.5 Å². The second-order valence-corrected chi connectivity index (χ2v) is 7.34. The lowest BCUT2D eigenvalue weighted by atomic mass is 10.1. The first-order chi connectivity index (χ1) is 10.8. The van der Waals surface area contributed by atoms with E-state index in [9.17, 15) is 18.0 Å². The number of anilines is 1. The summed E-state index contributed by atoms with van der Waals surface area (Å²) in [7, 11) is -3.44. The van der Waals surface area contributed by atoms with Crippen molar-refractivity contribution in [3.63, 3.8) is 0 Å². The minimum absolute atomic E-state index is 0.00160. The smallest absolute Gasteiger partial charge is 0.326 e. The van der Waals surface area contributed by atoms with Crippen LogP contribution in [0.4, 0.5) is 5.69 Å². The molecule has 7 nitrogen and oxygen atoms in total. The van der Waals surface area contributed by atoms with Crippen molar-refractivity contribution in [3.05, 3.63) is 29.8 Å². The molecule has 23 heavy (non-hydrogen) atoms. The van der Waals surface area contributed by atoms with Gasteiger partial charge >= 0.3 is 5.97 Å². The molecule has 1 saturated heterocycles. The molecule has 1 fully saturated rings. The van der Waals surface area contributed by atoms with E-state index in [2.05, 4.69) is 4.72 Å². The predicted octanol–water partition coefficient (Wildman–Crippen LogP) is 1.53. The topological polar surface area (TPSA) is 104 Å². The molecule has 1 aromatic rings. The molecule has 1 aromatic carbocycles. The number of nitrogens with zero attached hydrogens (tertiary/aromatic N) is 1. The second kappa shape index (κ2) is 6.99. The third-order valence-electron chi connectivity index (χ3n) is 3.65. The predicted molar refractivity (Wildman–Crippen MR) is 85.8 cm³/mol. The van der Waals surface area contributed by atoms with Gasteiger partial charge in [-0.15, -0.1) is 0 Å². The molecule has 0 aliphatic carbocycles. The van der Waals surface area contributed by atoms with Crippen LogP contribution in [0.25, 0.3) is 0 Å². The third kappa shape index (κ3) is 4.22. The van der Waals surface area contributed by atoms with Crippen molar-refractivity contribution in [2.24, 2.45) is 0 Å². The molecule has 0 saturated carbocycles. The molecular weight excluding hydrogens is 320 g/mol. The van der Waals surface area contributed by atoms with Crippen molar-refractivity contribution in [2.45, 2.75) is 32.2 Å². The number of hydrogen-bond donors (Lipinski definition) is 2. The van der Waals surface area contributed by atoms with Crippen molar-refractivity contribution in [1.82, 2.24) is 4.90 Å². The van der Waals surface area contributed by atoms with Gasteiger partial charge in [-0.25, -0.2) is 13.2 Å². The Balaban J connectivity index is 2.19. The number of sulfonamides is 1. The normalized spacial score (nSPS) is 18.0. The van der Waals surface area contributed by atoms with Crippen molar-refractivity contribution in [3.8, 4) is 0 Å². The maximum Gasteiger partial charge on any atom is 0.326 e. The second-order valence-electron chi connectivity index (χ2n) is 5.50. The molecule has 2 rings (SSSR count). The van der Waals surface area contributed by atoms with E-state index in [0.29, 0.717) is 31.5 Å². The fourth-order valence-corrected chi connectivity index (χ4v) is 3.77. The highest BCUT2D eigenvalue weighted by molar-refractivity contribution is 7.92. The van der Waals surface area contributed by atoms with Crippen molar-refractivity contribution < 1.29 is 23.1 Å². The van der Waals surface area contributed by atoms with Gasteiger partial charge in [0.05, 0.1) is 5.75 Å². The highest BCUT2D eigenvalue weighted by atomic mass is 32.2. The van der Waals surface area contributed by atoms with Crippen LogP contribution in [0.5, 0.6) is 0 Å². The zero-order valence-corrected chi connectivity index (χ0v) is 13.7. The molecule has 126 valence electrons. The lowest BCUT2D eigenvalue weighted by molar-refractivity contribution is -0.141. The maximum atomic E-state index is 12.5. The Morgan fingerprint density at radius 2 is 2.13 bits per heavy atom. The van der Waals surface area contributed by atoms with E-state index >= 15 is 0 Å². The Bertz CT molecular complexity index is 702. The lowest BCUT2D eigenvalue weighted by Crippen LogP contribution is -2.40. The van der Waals surface area contributed by atoms with Gasteiger partial charge in [-0.05, 0) is 37.5 Å². The molecule has 1 heterocycles. The van der Waals surface area contributed by atoms with Gasteiger partial charge in [0.15, 0.2) is 0 Å². The molecule has 1 aliphatic rings. The van der Waals surface area contributed by atoms with Gasteiger partial charge in [0.25, 0.3) is 5.91 Å². The van der Waals surface area contributed by atoms with Gasteiger partial charge in [-0.3, -0.25) is 9.52 Å². The Kier molecular flexibility index (Phi) is 5.25. The average Bonchev–Trinajstić information content (AvgIpc) is 2.95. The summed E-state index contributed by atoms with van der Waals surface area (Å²) in [5.74, 6) is -1.42. The van der Waals surface area contributed by atoms with Crippen molar-refractivity contribution in [1.29, 1.82) is 0 Å². The average molecular weight is 340 g/mol. The highest BCUT2D eigenvalue weighted by Gasteiger charge is 2.34. The molecule has 1 atom stereocenters. The van der Waals surface area contributed by atoms with E-state index in [1.165, 1.54) is 11.0 Å². The number of aliphatic carboxylic acids is 1.